The number of carbonyl (C=O) groups is 1. The molecule has 6 nitrogen and oxygen atoms in total. The number of nitrogens with zero attached hydrogens (tertiary/aromatic N) is 1. The van der Waals surface area contributed by atoms with Gasteiger partial charge < -0.3 is 13.7 Å². The highest BCUT2D eigenvalue weighted by atomic mass is 79.9. The molecule has 0 N–H and O–H groups in total. The van der Waals surface area contributed by atoms with Crippen LogP contribution in [0, 0.1) is 0 Å². The van der Waals surface area contributed by atoms with Crippen LogP contribution in [0.25, 0.3) is 0 Å². The van der Waals surface area contributed by atoms with Crippen molar-refractivity contribution in [2.24, 2.45) is 0 Å². The van der Waals surface area contributed by atoms with Gasteiger partial charge in [-0.1, -0.05) is 0 Å². The quantitative estimate of drug-likeness (QED) is 0.690. The van der Waals surface area contributed by atoms with Gasteiger partial charge in [-0.3, -0.25) is 4.79 Å². The molecule has 2 aromatic heterocycles. The summed E-state index contributed by atoms with van der Waals surface area (Å²) in [6.45, 7) is 0.183. The average molecular weight is 467 g/mol. The number of halogens is 2. The maximum Gasteiger partial charge on any atom is 0.290 e. The monoisotopic (exact) mass is 465 g/mol. The summed E-state index contributed by atoms with van der Waals surface area (Å²) in [5.41, 5.74) is 0. The Balaban J connectivity index is 1.88. The van der Waals surface area contributed by atoms with Gasteiger partial charge in [0.2, 0.25) is 0 Å². The molecule has 9 heteroatoms. The number of hydrogen-bond donors (Lipinski definition) is 0. The number of rotatable bonds is 4. The summed E-state index contributed by atoms with van der Waals surface area (Å²) in [6, 6.07) is 6.26. The summed E-state index contributed by atoms with van der Waals surface area (Å²) >= 11 is 6.38. The second-order valence-electron chi connectivity index (χ2n) is 5.30. The van der Waals surface area contributed by atoms with E-state index in [4.69, 9.17) is 8.83 Å². The summed E-state index contributed by atoms with van der Waals surface area (Å²) in [7, 11) is -3.11. The smallest absolute Gasteiger partial charge is 0.290 e. The third-order valence-corrected chi connectivity index (χ3v) is 6.25. The molecule has 0 aliphatic carbocycles. The van der Waals surface area contributed by atoms with Crippen molar-refractivity contribution in [2.75, 3.05) is 11.5 Å². The number of sulfone groups is 1. The van der Waals surface area contributed by atoms with Gasteiger partial charge in [-0.05, 0) is 62.5 Å². The molecule has 1 atom stereocenters. The van der Waals surface area contributed by atoms with Gasteiger partial charge in [0.1, 0.15) is 5.76 Å². The Morgan fingerprint density at radius 3 is 2.39 bits per heavy atom. The van der Waals surface area contributed by atoms with Crippen LogP contribution in [0.15, 0.2) is 42.4 Å². The zero-order chi connectivity index (χ0) is 16.6. The fraction of sp³-hybridized carbons (Fsp3) is 0.357. The summed E-state index contributed by atoms with van der Waals surface area (Å²) in [5, 5.41) is 0. The molecule has 0 aromatic carbocycles. The van der Waals surface area contributed by atoms with Crippen LogP contribution >= 0.6 is 31.9 Å². The van der Waals surface area contributed by atoms with E-state index in [9.17, 15) is 13.2 Å². The summed E-state index contributed by atoms with van der Waals surface area (Å²) in [4.78, 5) is 14.2. The maximum atomic E-state index is 12.7. The summed E-state index contributed by atoms with van der Waals surface area (Å²) in [6.07, 6.45) is 0.415. The second kappa shape index (κ2) is 6.45. The minimum Gasteiger partial charge on any atom is -0.452 e. The van der Waals surface area contributed by atoms with Crippen LogP contribution in [0.5, 0.6) is 0 Å². The lowest BCUT2D eigenvalue weighted by Gasteiger charge is -2.26. The van der Waals surface area contributed by atoms with E-state index in [1.807, 2.05) is 0 Å². The van der Waals surface area contributed by atoms with Crippen molar-refractivity contribution in [3.8, 4) is 0 Å². The molecule has 0 radical (unpaired) electrons. The van der Waals surface area contributed by atoms with E-state index in [0.29, 0.717) is 21.5 Å². The molecule has 124 valence electrons. The van der Waals surface area contributed by atoms with E-state index in [-0.39, 0.29) is 35.8 Å². The van der Waals surface area contributed by atoms with Gasteiger partial charge in [0.15, 0.2) is 24.9 Å². The Morgan fingerprint density at radius 2 is 1.87 bits per heavy atom. The minimum atomic E-state index is -3.11. The van der Waals surface area contributed by atoms with Crippen LogP contribution in [-0.2, 0) is 16.4 Å². The minimum absolute atomic E-state index is 0.0392. The van der Waals surface area contributed by atoms with Gasteiger partial charge in [0.25, 0.3) is 5.91 Å². The van der Waals surface area contributed by atoms with E-state index in [1.54, 1.807) is 24.3 Å². The zero-order valence-corrected chi connectivity index (χ0v) is 15.9. The van der Waals surface area contributed by atoms with Gasteiger partial charge in [-0.15, -0.1) is 0 Å². The van der Waals surface area contributed by atoms with E-state index in [2.05, 4.69) is 31.9 Å². The molecule has 1 fully saturated rings. The van der Waals surface area contributed by atoms with Gasteiger partial charge >= 0.3 is 0 Å². The van der Waals surface area contributed by atoms with Crippen molar-refractivity contribution in [1.29, 1.82) is 0 Å². The molecule has 0 saturated carbocycles. The SMILES string of the molecule is O=C(c1ccc(Br)o1)N(Cc1ccc(Br)o1)C1CCS(=O)(=O)C1. The number of hydrogen-bond acceptors (Lipinski definition) is 5. The third kappa shape index (κ3) is 3.89. The van der Waals surface area contributed by atoms with Crippen molar-refractivity contribution >= 4 is 47.6 Å². The maximum absolute atomic E-state index is 12.7. The van der Waals surface area contributed by atoms with Crippen LogP contribution in [0.3, 0.4) is 0 Å². The molecule has 3 rings (SSSR count). The Labute approximate surface area is 150 Å². The van der Waals surface area contributed by atoms with E-state index in [1.165, 1.54) is 4.90 Å². The van der Waals surface area contributed by atoms with Crippen LogP contribution in [0.4, 0.5) is 0 Å². The van der Waals surface area contributed by atoms with E-state index >= 15 is 0 Å². The summed E-state index contributed by atoms with van der Waals surface area (Å²) in [5.74, 6) is 0.422. The normalized spacial score (nSPS) is 19.8. The van der Waals surface area contributed by atoms with Crippen molar-refractivity contribution in [3.05, 3.63) is 45.1 Å². The lowest BCUT2D eigenvalue weighted by Crippen LogP contribution is -2.40. The molecule has 3 heterocycles. The first-order valence-electron chi connectivity index (χ1n) is 6.85. The predicted octanol–water partition coefficient (Wildman–Crippen LogP) is 3.23. The predicted molar refractivity (Wildman–Crippen MR) is 89.7 cm³/mol. The van der Waals surface area contributed by atoms with Crippen LogP contribution in [0.2, 0.25) is 0 Å². The Hall–Kier alpha value is -1.06. The van der Waals surface area contributed by atoms with Crippen molar-refractivity contribution in [2.45, 2.75) is 19.0 Å². The number of furan rings is 2. The summed E-state index contributed by atoms with van der Waals surface area (Å²) < 4.78 is 35.3. The lowest BCUT2D eigenvalue weighted by molar-refractivity contribution is 0.0631. The largest absolute Gasteiger partial charge is 0.452 e. The highest BCUT2D eigenvalue weighted by molar-refractivity contribution is 9.10. The van der Waals surface area contributed by atoms with Crippen molar-refractivity contribution < 1.29 is 22.0 Å². The molecule has 0 bridgehead atoms. The molecule has 1 amide bonds. The highest BCUT2D eigenvalue weighted by Gasteiger charge is 2.36. The Bertz CT molecular complexity index is 826. The molecular weight excluding hydrogens is 454 g/mol. The van der Waals surface area contributed by atoms with Crippen molar-refractivity contribution in [3.63, 3.8) is 0 Å². The van der Waals surface area contributed by atoms with Gasteiger partial charge in [0, 0.05) is 6.04 Å². The van der Waals surface area contributed by atoms with Crippen LogP contribution in [-0.4, -0.2) is 36.8 Å². The zero-order valence-electron chi connectivity index (χ0n) is 11.9. The fourth-order valence-corrected chi connectivity index (χ4v) is 4.94. The standard InChI is InChI=1S/C14H13Br2NO5S/c15-12-3-1-10(21-12)7-17(9-5-6-23(19,20)8-9)14(18)11-2-4-13(16)22-11/h1-4,9H,5-8H2. The van der Waals surface area contributed by atoms with E-state index in [0.717, 1.165) is 0 Å². The Morgan fingerprint density at radius 1 is 1.17 bits per heavy atom. The first-order valence-corrected chi connectivity index (χ1v) is 10.3. The highest BCUT2D eigenvalue weighted by Crippen LogP contribution is 2.25. The van der Waals surface area contributed by atoms with Crippen LogP contribution < -0.4 is 0 Å². The molecule has 23 heavy (non-hydrogen) atoms. The lowest BCUT2D eigenvalue weighted by atomic mass is 10.2. The second-order valence-corrected chi connectivity index (χ2v) is 9.09. The molecule has 2 aromatic rings. The van der Waals surface area contributed by atoms with Crippen LogP contribution in [0.1, 0.15) is 22.7 Å². The number of carbonyl (C=O) groups excluding carboxylic acids is 1. The van der Waals surface area contributed by atoms with E-state index < -0.39 is 9.84 Å². The molecular formula is C14H13Br2NO5S. The van der Waals surface area contributed by atoms with Gasteiger partial charge in [-0.2, -0.15) is 0 Å². The average Bonchev–Trinajstić information content (AvgIpc) is 3.17. The fourth-order valence-electron chi connectivity index (χ4n) is 2.56. The molecule has 1 unspecified atom stereocenters. The first kappa shape index (κ1) is 16.8. The molecule has 1 saturated heterocycles. The molecule has 1 aliphatic heterocycles. The third-order valence-electron chi connectivity index (χ3n) is 3.65. The first-order chi connectivity index (χ1) is 10.8. The Kier molecular flexibility index (Phi) is 4.70. The van der Waals surface area contributed by atoms with Crippen molar-refractivity contribution in [1.82, 2.24) is 4.90 Å². The topological polar surface area (TPSA) is 80.7 Å². The molecule has 1 aliphatic rings. The molecule has 0 spiro atoms. The van der Waals surface area contributed by atoms with Gasteiger partial charge in [-0.25, -0.2) is 8.42 Å². The number of amides is 1. The van der Waals surface area contributed by atoms with Gasteiger partial charge in [0.05, 0.1) is 18.1 Å².